The summed E-state index contributed by atoms with van der Waals surface area (Å²) in [5, 5.41) is 18.2. The molecule has 0 fully saturated rings. The number of hydrogen-bond acceptors (Lipinski definition) is 3. The molecule has 2 N–H and O–H groups in total. The normalized spacial score (nSPS) is 10.9. The fraction of sp³-hybridized carbons (Fsp3) is 0.385. The molecule has 0 spiro atoms. The molecule has 0 aromatic heterocycles. The minimum atomic E-state index is 0.00685. The van der Waals surface area contributed by atoms with Crippen molar-refractivity contribution in [2.45, 2.75) is 19.8 Å². The fourth-order valence-electron chi connectivity index (χ4n) is 1.27. The third-order valence-corrected chi connectivity index (χ3v) is 2.16. The molecule has 0 aliphatic rings. The maximum absolute atomic E-state index is 9.56. The molecule has 16 heavy (non-hydrogen) atoms. The van der Waals surface area contributed by atoms with Crippen molar-refractivity contribution in [1.82, 2.24) is 0 Å². The Labute approximate surface area is 96.0 Å². The van der Waals surface area contributed by atoms with Gasteiger partial charge in [0.05, 0.1) is 13.2 Å². The zero-order valence-electron chi connectivity index (χ0n) is 9.52. The van der Waals surface area contributed by atoms with Gasteiger partial charge in [-0.25, -0.2) is 0 Å². The molecule has 0 saturated heterocycles. The second-order valence-corrected chi connectivity index (χ2v) is 3.51. The number of rotatable bonds is 6. The Morgan fingerprint density at radius 2 is 2.19 bits per heavy atom. The van der Waals surface area contributed by atoms with E-state index in [2.05, 4.69) is 6.92 Å². The highest BCUT2D eigenvalue weighted by Crippen LogP contribution is 2.27. The average molecular weight is 222 g/mol. The molecule has 0 bridgehead atoms. The van der Waals surface area contributed by atoms with E-state index in [0.29, 0.717) is 12.4 Å². The van der Waals surface area contributed by atoms with Gasteiger partial charge in [0, 0.05) is 0 Å². The van der Waals surface area contributed by atoms with Crippen LogP contribution in [-0.2, 0) is 0 Å². The average Bonchev–Trinajstić information content (AvgIpc) is 2.30. The van der Waals surface area contributed by atoms with E-state index in [4.69, 9.17) is 9.84 Å². The standard InChI is InChI=1S/C13H18O3/c1-2-3-9-16-13-10-11(5-4-8-14)6-7-12(13)15/h4-7,10,14-15H,2-3,8-9H2,1H3/b5-4+. The number of benzene rings is 1. The predicted octanol–water partition coefficient (Wildman–Crippen LogP) is 2.58. The first-order valence-electron chi connectivity index (χ1n) is 5.51. The van der Waals surface area contributed by atoms with Crippen LogP contribution < -0.4 is 4.74 Å². The molecule has 0 unspecified atom stereocenters. The van der Waals surface area contributed by atoms with Crippen LogP contribution in [0.15, 0.2) is 24.3 Å². The summed E-state index contributed by atoms with van der Waals surface area (Å²) in [4.78, 5) is 0. The quantitative estimate of drug-likeness (QED) is 0.727. The number of unbranched alkanes of at least 4 members (excludes halogenated alkanes) is 1. The third kappa shape index (κ3) is 3.95. The molecule has 0 heterocycles. The van der Waals surface area contributed by atoms with Crippen LogP contribution in [0.1, 0.15) is 25.3 Å². The van der Waals surface area contributed by atoms with Crippen molar-refractivity contribution in [3.8, 4) is 11.5 Å². The van der Waals surface area contributed by atoms with Gasteiger partial charge in [0.1, 0.15) is 0 Å². The first-order valence-corrected chi connectivity index (χ1v) is 5.51. The van der Waals surface area contributed by atoms with Crippen molar-refractivity contribution in [3.05, 3.63) is 29.8 Å². The molecule has 0 radical (unpaired) electrons. The van der Waals surface area contributed by atoms with Crippen LogP contribution in [0.5, 0.6) is 11.5 Å². The van der Waals surface area contributed by atoms with Gasteiger partial charge in [-0.3, -0.25) is 0 Å². The Morgan fingerprint density at radius 1 is 1.38 bits per heavy atom. The number of ether oxygens (including phenoxy) is 1. The number of hydrogen-bond donors (Lipinski definition) is 2. The zero-order valence-corrected chi connectivity index (χ0v) is 9.52. The number of phenolic OH excluding ortho intramolecular Hbond substituents is 1. The molecule has 0 aliphatic carbocycles. The van der Waals surface area contributed by atoms with E-state index >= 15 is 0 Å². The summed E-state index contributed by atoms with van der Waals surface area (Å²) in [5.74, 6) is 0.644. The molecule has 0 amide bonds. The molecule has 0 saturated carbocycles. The lowest BCUT2D eigenvalue weighted by Gasteiger charge is -2.08. The van der Waals surface area contributed by atoms with Crippen LogP contribution in [-0.4, -0.2) is 23.4 Å². The summed E-state index contributed by atoms with van der Waals surface area (Å²) in [7, 11) is 0. The largest absolute Gasteiger partial charge is 0.504 e. The summed E-state index contributed by atoms with van der Waals surface area (Å²) < 4.78 is 5.45. The van der Waals surface area contributed by atoms with Gasteiger partial charge >= 0.3 is 0 Å². The summed E-state index contributed by atoms with van der Waals surface area (Å²) in [6.45, 7) is 2.70. The van der Waals surface area contributed by atoms with Gasteiger partial charge in [-0.05, 0) is 24.1 Å². The topological polar surface area (TPSA) is 49.7 Å². The second-order valence-electron chi connectivity index (χ2n) is 3.51. The lowest BCUT2D eigenvalue weighted by Crippen LogP contribution is -1.96. The summed E-state index contributed by atoms with van der Waals surface area (Å²) in [6.07, 6.45) is 5.45. The lowest BCUT2D eigenvalue weighted by molar-refractivity contribution is 0.293. The Kier molecular flexibility index (Phi) is 5.43. The van der Waals surface area contributed by atoms with Crippen molar-refractivity contribution >= 4 is 6.08 Å². The highest BCUT2D eigenvalue weighted by molar-refractivity contribution is 5.55. The van der Waals surface area contributed by atoms with Crippen LogP contribution in [0.3, 0.4) is 0 Å². The molecule has 3 nitrogen and oxygen atoms in total. The molecule has 3 heteroatoms. The Bertz CT molecular complexity index is 345. The van der Waals surface area contributed by atoms with Crippen molar-refractivity contribution in [3.63, 3.8) is 0 Å². The lowest BCUT2D eigenvalue weighted by atomic mass is 10.2. The minimum Gasteiger partial charge on any atom is -0.504 e. The molecule has 0 atom stereocenters. The SMILES string of the molecule is CCCCOc1cc(/C=C/CO)ccc1O. The monoisotopic (exact) mass is 222 g/mol. The van der Waals surface area contributed by atoms with Gasteiger partial charge < -0.3 is 14.9 Å². The van der Waals surface area contributed by atoms with E-state index in [-0.39, 0.29) is 12.4 Å². The molecular formula is C13H18O3. The van der Waals surface area contributed by atoms with Gasteiger partial charge in [-0.2, -0.15) is 0 Å². The van der Waals surface area contributed by atoms with Crippen molar-refractivity contribution in [1.29, 1.82) is 0 Å². The second kappa shape index (κ2) is 6.90. The van der Waals surface area contributed by atoms with Crippen LogP contribution in [0.25, 0.3) is 6.08 Å². The van der Waals surface area contributed by atoms with Crippen molar-refractivity contribution in [2.24, 2.45) is 0 Å². The van der Waals surface area contributed by atoms with Crippen LogP contribution in [0, 0.1) is 0 Å². The Morgan fingerprint density at radius 3 is 2.88 bits per heavy atom. The highest BCUT2D eigenvalue weighted by atomic mass is 16.5. The van der Waals surface area contributed by atoms with E-state index in [1.165, 1.54) is 0 Å². The van der Waals surface area contributed by atoms with E-state index in [9.17, 15) is 5.11 Å². The third-order valence-electron chi connectivity index (χ3n) is 2.16. The molecule has 1 aromatic carbocycles. The maximum atomic E-state index is 9.56. The van der Waals surface area contributed by atoms with E-state index in [1.54, 1.807) is 30.4 Å². The maximum Gasteiger partial charge on any atom is 0.161 e. The van der Waals surface area contributed by atoms with Crippen LogP contribution >= 0.6 is 0 Å². The Hall–Kier alpha value is -1.48. The first-order chi connectivity index (χ1) is 7.77. The number of aliphatic hydroxyl groups is 1. The summed E-state index contributed by atoms with van der Waals surface area (Å²) >= 11 is 0. The summed E-state index contributed by atoms with van der Waals surface area (Å²) in [5.41, 5.74) is 0.901. The number of phenols is 1. The van der Waals surface area contributed by atoms with Gasteiger partial charge in [0.15, 0.2) is 11.5 Å². The minimum absolute atomic E-state index is 0.00685. The summed E-state index contributed by atoms with van der Waals surface area (Å²) in [6, 6.07) is 5.13. The van der Waals surface area contributed by atoms with E-state index in [0.717, 1.165) is 18.4 Å². The molecule has 88 valence electrons. The van der Waals surface area contributed by atoms with Crippen LogP contribution in [0.2, 0.25) is 0 Å². The highest BCUT2D eigenvalue weighted by Gasteiger charge is 2.02. The van der Waals surface area contributed by atoms with Crippen molar-refractivity contribution in [2.75, 3.05) is 13.2 Å². The van der Waals surface area contributed by atoms with Gasteiger partial charge in [-0.15, -0.1) is 0 Å². The fourth-order valence-corrected chi connectivity index (χ4v) is 1.27. The molecule has 0 aliphatic heterocycles. The first kappa shape index (κ1) is 12.6. The Balaban J connectivity index is 2.70. The molecule has 1 rings (SSSR count). The molecule has 1 aromatic rings. The van der Waals surface area contributed by atoms with E-state index < -0.39 is 0 Å². The van der Waals surface area contributed by atoms with Gasteiger partial charge in [-0.1, -0.05) is 31.6 Å². The van der Waals surface area contributed by atoms with Gasteiger partial charge in [0.25, 0.3) is 0 Å². The number of aliphatic hydroxyl groups excluding tert-OH is 1. The zero-order chi connectivity index (χ0) is 11.8. The smallest absolute Gasteiger partial charge is 0.161 e. The van der Waals surface area contributed by atoms with Gasteiger partial charge in [0.2, 0.25) is 0 Å². The number of aromatic hydroxyl groups is 1. The van der Waals surface area contributed by atoms with Crippen molar-refractivity contribution < 1.29 is 14.9 Å². The van der Waals surface area contributed by atoms with E-state index in [1.807, 2.05) is 0 Å². The molecular weight excluding hydrogens is 204 g/mol. The predicted molar refractivity (Wildman–Crippen MR) is 64.6 cm³/mol. The van der Waals surface area contributed by atoms with Crippen LogP contribution in [0.4, 0.5) is 0 Å².